The smallest absolute Gasteiger partial charge is 0.146 e. The molecule has 2 rings (SSSR count). The molecular weight excluding hydrogens is 356 g/mol. The topological polar surface area (TPSA) is 21.3 Å². The summed E-state index contributed by atoms with van der Waals surface area (Å²) in [6.07, 6.45) is 0. The van der Waals surface area contributed by atoms with E-state index in [1.807, 2.05) is 31.2 Å². The van der Waals surface area contributed by atoms with Crippen molar-refractivity contribution in [2.24, 2.45) is 0 Å². The Morgan fingerprint density at radius 3 is 2.47 bits per heavy atom. The lowest BCUT2D eigenvalue weighted by Gasteiger charge is -2.17. The molecule has 0 amide bonds. The average molecular weight is 371 g/mol. The number of halogens is 2. The van der Waals surface area contributed by atoms with Crippen molar-refractivity contribution >= 4 is 28.3 Å². The normalized spacial score (nSPS) is 12.0. The molecule has 0 aliphatic carbocycles. The van der Waals surface area contributed by atoms with Crippen molar-refractivity contribution in [3.63, 3.8) is 0 Å². The molecule has 2 nitrogen and oxygen atoms in total. The number of hydrogen-bond acceptors (Lipinski definition) is 2. The van der Waals surface area contributed by atoms with Crippen LogP contribution in [0.1, 0.15) is 18.5 Å². The van der Waals surface area contributed by atoms with E-state index in [2.05, 4.69) is 27.9 Å². The van der Waals surface area contributed by atoms with Gasteiger partial charge in [-0.25, -0.2) is 4.39 Å². The van der Waals surface area contributed by atoms with Crippen LogP contribution in [0.2, 0.25) is 0 Å². The van der Waals surface area contributed by atoms with Crippen LogP contribution in [0, 0.1) is 9.39 Å². The standard InChI is InChI=1S/C15H15FINO/c1-10(11-3-5-12(17)6-4-11)18-15-9-13(19-2)7-8-14(15)16/h3-10,18H,1-2H3. The molecule has 0 aromatic heterocycles. The third-order valence-electron chi connectivity index (χ3n) is 2.92. The Hall–Kier alpha value is -1.30. The lowest BCUT2D eigenvalue weighted by molar-refractivity contribution is 0.414. The first-order valence-corrected chi connectivity index (χ1v) is 7.03. The van der Waals surface area contributed by atoms with Crippen LogP contribution in [0.15, 0.2) is 42.5 Å². The molecule has 0 radical (unpaired) electrons. The van der Waals surface area contributed by atoms with E-state index in [1.165, 1.54) is 9.64 Å². The Balaban J connectivity index is 2.18. The predicted octanol–water partition coefficient (Wildman–Crippen LogP) is 4.61. The molecule has 0 spiro atoms. The van der Waals surface area contributed by atoms with Crippen molar-refractivity contribution in [1.82, 2.24) is 0 Å². The lowest BCUT2D eigenvalue weighted by Crippen LogP contribution is -2.08. The van der Waals surface area contributed by atoms with Crippen molar-refractivity contribution in [1.29, 1.82) is 0 Å². The van der Waals surface area contributed by atoms with Crippen LogP contribution < -0.4 is 10.1 Å². The molecule has 1 atom stereocenters. The van der Waals surface area contributed by atoms with Gasteiger partial charge in [-0.15, -0.1) is 0 Å². The zero-order valence-electron chi connectivity index (χ0n) is 10.8. The van der Waals surface area contributed by atoms with Crippen LogP contribution >= 0.6 is 22.6 Å². The number of methoxy groups -OCH3 is 1. The lowest BCUT2D eigenvalue weighted by atomic mass is 10.1. The first kappa shape index (κ1) is 14.1. The summed E-state index contributed by atoms with van der Waals surface area (Å²) in [6.45, 7) is 2.00. The minimum absolute atomic E-state index is 0.0265. The quantitative estimate of drug-likeness (QED) is 0.793. The van der Waals surface area contributed by atoms with E-state index in [0.29, 0.717) is 11.4 Å². The van der Waals surface area contributed by atoms with Crippen LogP contribution in [0.5, 0.6) is 5.75 Å². The highest BCUT2D eigenvalue weighted by Gasteiger charge is 2.09. The zero-order valence-corrected chi connectivity index (χ0v) is 12.9. The Labute approximate surface area is 126 Å². The second-order valence-corrected chi connectivity index (χ2v) is 5.51. The first-order valence-electron chi connectivity index (χ1n) is 5.95. The highest BCUT2D eigenvalue weighted by atomic mass is 127. The van der Waals surface area contributed by atoms with E-state index < -0.39 is 0 Å². The van der Waals surface area contributed by atoms with Crippen LogP contribution in [-0.4, -0.2) is 7.11 Å². The fourth-order valence-corrected chi connectivity index (χ4v) is 2.17. The van der Waals surface area contributed by atoms with E-state index in [9.17, 15) is 4.39 Å². The average Bonchev–Trinajstić information content (AvgIpc) is 2.42. The van der Waals surface area contributed by atoms with Gasteiger partial charge < -0.3 is 10.1 Å². The minimum atomic E-state index is -0.279. The fraction of sp³-hybridized carbons (Fsp3) is 0.200. The number of nitrogens with one attached hydrogen (secondary N) is 1. The third-order valence-corrected chi connectivity index (χ3v) is 3.63. The summed E-state index contributed by atoms with van der Waals surface area (Å²) >= 11 is 2.26. The van der Waals surface area contributed by atoms with E-state index >= 15 is 0 Å². The van der Waals surface area contributed by atoms with Crippen LogP contribution in [0.4, 0.5) is 10.1 Å². The summed E-state index contributed by atoms with van der Waals surface area (Å²) in [5, 5.41) is 3.16. The molecule has 2 aromatic rings. The van der Waals surface area contributed by atoms with Gasteiger partial charge in [0.25, 0.3) is 0 Å². The second-order valence-electron chi connectivity index (χ2n) is 4.26. The van der Waals surface area contributed by atoms with E-state index in [-0.39, 0.29) is 11.9 Å². The maximum absolute atomic E-state index is 13.7. The molecule has 0 saturated carbocycles. The predicted molar refractivity (Wildman–Crippen MR) is 84.1 cm³/mol. The van der Waals surface area contributed by atoms with Gasteiger partial charge in [0, 0.05) is 15.7 Å². The second kappa shape index (κ2) is 6.23. The van der Waals surface area contributed by atoms with Crippen molar-refractivity contribution in [2.45, 2.75) is 13.0 Å². The maximum atomic E-state index is 13.7. The van der Waals surface area contributed by atoms with Gasteiger partial charge >= 0.3 is 0 Å². The van der Waals surface area contributed by atoms with Crippen LogP contribution in [0.3, 0.4) is 0 Å². The fourth-order valence-electron chi connectivity index (χ4n) is 1.81. The molecule has 19 heavy (non-hydrogen) atoms. The summed E-state index contributed by atoms with van der Waals surface area (Å²) in [5.74, 6) is 0.358. The highest BCUT2D eigenvalue weighted by molar-refractivity contribution is 14.1. The van der Waals surface area contributed by atoms with Gasteiger partial charge in [-0.05, 0) is 59.3 Å². The zero-order chi connectivity index (χ0) is 13.8. The summed E-state index contributed by atoms with van der Waals surface area (Å²) < 4.78 is 20.0. The van der Waals surface area contributed by atoms with E-state index in [0.717, 1.165) is 5.56 Å². The summed E-state index contributed by atoms with van der Waals surface area (Å²) in [4.78, 5) is 0. The van der Waals surface area contributed by atoms with E-state index in [4.69, 9.17) is 4.74 Å². The highest BCUT2D eigenvalue weighted by Crippen LogP contribution is 2.25. The molecule has 0 heterocycles. The minimum Gasteiger partial charge on any atom is -0.497 e. The third kappa shape index (κ3) is 3.59. The summed E-state index contributed by atoms with van der Waals surface area (Å²) in [5.41, 5.74) is 1.56. The Bertz CT molecular complexity index is 557. The van der Waals surface area contributed by atoms with Crippen molar-refractivity contribution < 1.29 is 9.13 Å². The molecule has 100 valence electrons. The molecule has 0 saturated heterocycles. The van der Waals surface area contributed by atoms with E-state index in [1.54, 1.807) is 19.2 Å². The number of anilines is 1. The maximum Gasteiger partial charge on any atom is 0.146 e. The largest absolute Gasteiger partial charge is 0.497 e. The van der Waals surface area contributed by atoms with Gasteiger partial charge in [-0.1, -0.05) is 12.1 Å². The Morgan fingerprint density at radius 2 is 1.84 bits per heavy atom. The monoisotopic (exact) mass is 371 g/mol. The number of hydrogen-bond donors (Lipinski definition) is 1. The molecule has 0 bridgehead atoms. The van der Waals surface area contributed by atoms with Gasteiger partial charge in [0.2, 0.25) is 0 Å². The van der Waals surface area contributed by atoms with Crippen molar-refractivity contribution in [3.8, 4) is 5.75 Å². The SMILES string of the molecule is COc1ccc(F)c(NC(C)c2ccc(I)cc2)c1. The number of benzene rings is 2. The van der Waals surface area contributed by atoms with Gasteiger partial charge in [0.1, 0.15) is 11.6 Å². The molecule has 4 heteroatoms. The Kier molecular flexibility index (Phi) is 4.63. The molecule has 1 unspecified atom stereocenters. The van der Waals surface area contributed by atoms with Gasteiger partial charge in [-0.3, -0.25) is 0 Å². The Morgan fingerprint density at radius 1 is 1.16 bits per heavy atom. The van der Waals surface area contributed by atoms with Crippen LogP contribution in [-0.2, 0) is 0 Å². The van der Waals surface area contributed by atoms with Gasteiger partial charge in [0.05, 0.1) is 12.8 Å². The summed E-state index contributed by atoms with van der Waals surface area (Å²) in [7, 11) is 1.57. The van der Waals surface area contributed by atoms with Crippen molar-refractivity contribution in [2.75, 3.05) is 12.4 Å². The molecule has 0 aliphatic rings. The van der Waals surface area contributed by atoms with Crippen LogP contribution in [0.25, 0.3) is 0 Å². The molecule has 0 fully saturated rings. The van der Waals surface area contributed by atoms with Gasteiger partial charge in [-0.2, -0.15) is 0 Å². The van der Waals surface area contributed by atoms with Crippen molar-refractivity contribution in [3.05, 3.63) is 57.4 Å². The molecule has 1 N–H and O–H groups in total. The first-order chi connectivity index (χ1) is 9.10. The molecule has 0 aliphatic heterocycles. The molecule has 2 aromatic carbocycles. The summed E-state index contributed by atoms with van der Waals surface area (Å²) in [6, 6.07) is 12.9. The molecular formula is C15H15FINO. The number of ether oxygens (including phenoxy) is 1. The van der Waals surface area contributed by atoms with Gasteiger partial charge in [0.15, 0.2) is 0 Å². The number of rotatable bonds is 4.